The van der Waals surface area contributed by atoms with Crippen LogP contribution in [0.2, 0.25) is 0 Å². The summed E-state index contributed by atoms with van der Waals surface area (Å²) in [5.74, 6) is 0.0551. The molecule has 10 heteroatoms. The molecule has 0 radical (unpaired) electrons. The van der Waals surface area contributed by atoms with Crippen LogP contribution >= 0.6 is 0 Å². The molecular formula is C23H22FN7O2. The van der Waals surface area contributed by atoms with E-state index in [0.29, 0.717) is 46.7 Å². The standard InChI is InChI=1S/C23H22FN7O2/c1-11-15(9-29-22-21(11)27-4-5-33-22)14-6-13-7-18(28-10-16(13)20(26)19(14)24)31-23(32)30-17-3-2-12(17)8-25/h6-7,9-10,12,17,27H,2-5,26H2,1H3,(H2,28,30,31,32). The predicted molar refractivity (Wildman–Crippen MR) is 122 cm³/mol. The Balaban J connectivity index is 1.48. The van der Waals surface area contributed by atoms with Crippen molar-refractivity contribution in [3.05, 3.63) is 35.9 Å². The zero-order chi connectivity index (χ0) is 23.1. The van der Waals surface area contributed by atoms with Crippen LogP contribution in [0.3, 0.4) is 0 Å². The molecule has 3 heterocycles. The number of halogens is 1. The van der Waals surface area contributed by atoms with Gasteiger partial charge in [-0.1, -0.05) is 0 Å². The van der Waals surface area contributed by atoms with Gasteiger partial charge in [-0.3, -0.25) is 5.32 Å². The number of rotatable bonds is 3. The van der Waals surface area contributed by atoms with Crippen LogP contribution in [0.5, 0.6) is 5.88 Å². The number of hydrogen-bond donors (Lipinski definition) is 4. The van der Waals surface area contributed by atoms with E-state index in [1.807, 2.05) is 6.92 Å². The van der Waals surface area contributed by atoms with E-state index in [2.05, 4.69) is 32.0 Å². The number of nitrogen functional groups attached to an aromatic ring is 1. The van der Waals surface area contributed by atoms with E-state index in [0.717, 1.165) is 24.1 Å². The van der Waals surface area contributed by atoms with Gasteiger partial charge in [-0.25, -0.2) is 19.2 Å². The fraction of sp³-hybridized carbons (Fsp3) is 0.304. The third kappa shape index (κ3) is 3.61. The molecule has 5 N–H and O–H groups in total. The summed E-state index contributed by atoms with van der Waals surface area (Å²) < 4.78 is 20.8. The molecule has 2 aliphatic rings. The van der Waals surface area contributed by atoms with Crippen molar-refractivity contribution < 1.29 is 13.9 Å². The Hall–Kier alpha value is -4.13. The number of ether oxygens (including phenoxy) is 1. The first kappa shape index (κ1) is 20.8. The number of nitrogens with one attached hydrogen (secondary N) is 3. The lowest BCUT2D eigenvalue weighted by molar-refractivity contribution is 0.227. The number of pyridine rings is 2. The Kier molecular flexibility index (Phi) is 5.09. The fourth-order valence-electron chi connectivity index (χ4n) is 4.20. The minimum atomic E-state index is -0.558. The van der Waals surface area contributed by atoms with Crippen LogP contribution in [0.4, 0.5) is 26.4 Å². The maximum absolute atomic E-state index is 15.3. The Labute approximate surface area is 189 Å². The van der Waals surface area contributed by atoms with Crippen LogP contribution in [0.25, 0.3) is 21.9 Å². The number of anilines is 3. The highest BCUT2D eigenvalue weighted by Crippen LogP contribution is 2.39. The molecule has 0 spiro atoms. The number of aromatic nitrogens is 2. The van der Waals surface area contributed by atoms with Crippen molar-refractivity contribution >= 4 is 34.0 Å². The Bertz CT molecular complexity index is 1320. The van der Waals surface area contributed by atoms with Gasteiger partial charge in [0.15, 0.2) is 5.82 Å². The molecule has 2 aromatic heterocycles. The van der Waals surface area contributed by atoms with Gasteiger partial charge in [-0.05, 0) is 42.8 Å². The van der Waals surface area contributed by atoms with Gasteiger partial charge in [0.25, 0.3) is 0 Å². The highest BCUT2D eigenvalue weighted by Gasteiger charge is 2.32. The van der Waals surface area contributed by atoms with Crippen molar-refractivity contribution in [1.29, 1.82) is 5.26 Å². The average Bonchev–Trinajstić information content (AvgIpc) is 2.80. The number of benzene rings is 1. The summed E-state index contributed by atoms with van der Waals surface area (Å²) in [5.41, 5.74) is 8.51. The molecule has 2 unspecified atom stereocenters. The first-order valence-corrected chi connectivity index (χ1v) is 10.7. The summed E-state index contributed by atoms with van der Waals surface area (Å²) in [5, 5.41) is 18.8. The molecule has 0 saturated heterocycles. The zero-order valence-corrected chi connectivity index (χ0v) is 17.9. The molecule has 9 nitrogen and oxygen atoms in total. The van der Waals surface area contributed by atoms with E-state index in [1.54, 1.807) is 18.3 Å². The molecule has 1 aromatic carbocycles. The van der Waals surface area contributed by atoms with Gasteiger partial charge in [0, 0.05) is 41.5 Å². The Morgan fingerprint density at radius 3 is 2.91 bits per heavy atom. The van der Waals surface area contributed by atoms with Crippen molar-refractivity contribution in [3.8, 4) is 23.1 Å². The van der Waals surface area contributed by atoms with Gasteiger partial charge < -0.3 is 21.1 Å². The van der Waals surface area contributed by atoms with E-state index in [-0.39, 0.29) is 17.6 Å². The van der Waals surface area contributed by atoms with E-state index in [1.165, 1.54) is 6.20 Å². The van der Waals surface area contributed by atoms with E-state index in [9.17, 15) is 4.79 Å². The van der Waals surface area contributed by atoms with Crippen LogP contribution in [0.15, 0.2) is 24.5 Å². The molecule has 1 aliphatic carbocycles. The number of carbonyl (C=O) groups excluding carboxylic acids is 1. The molecule has 3 aromatic rings. The third-order valence-corrected chi connectivity index (χ3v) is 6.23. The van der Waals surface area contributed by atoms with Gasteiger partial charge in [0.05, 0.1) is 17.7 Å². The maximum Gasteiger partial charge on any atom is 0.320 e. The first-order valence-electron chi connectivity index (χ1n) is 10.7. The molecule has 2 amide bonds. The summed E-state index contributed by atoms with van der Waals surface area (Å²) in [6.45, 7) is 3.03. The highest BCUT2D eigenvalue weighted by molar-refractivity contribution is 6.00. The average molecular weight is 447 g/mol. The Morgan fingerprint density at radius 1 is 1.30 bits per heavy atom. The number of urea groups is 1. The van der Waals surface area contributed by atoms with E-state index >= 15 is 4.39 Å². The molecule has 1 saturated carbocycles. The number of nitrogens with zero attached hydrogens (tertiary/aromatic N) is 3. The lowest BCUT2D eigenvalue weighted by Crippen LogP contribution is -2.47. The topological polar surface area (TPSA) is 138 Å². The third-order valence-electron chi connectivity index (χ3n) is 6.23. The van der Waals surface area contributed by atoms with Crippen LogP contribution in [-0.4, -0.2) is 35.2 Å². The number of nitrogens with two attached hydrogens (primary N) is 1. The summed E-state index contributed by atoms with van der Waals surface area (Å²) in [6, 6.07) is 4.88. The Morgan fingerprint density at radius 2 is 2.15 bits per heavy atom. The second-order valence-electron chi connectivity index (χ2n) is 8.21. The summed E-state index contributed by atoms with van der Waals surface area (Å²) >= 11 is 0. The monoisotopic (exact) mass is 447 g/mol. The predicted octanol–water partition coefficient (Wildman–Crippen LogP) is 3.55. The minimum absolute atomic E-state index is 0.0290. The molecular weight excluding hydrogens is 425 g/mol. The zero-order valence-electron chi connectivity index (χ0n) is 17.9. The molecule has 168 valence electrons. The molecule has 33 heavy (non-hydrogen) atoms. The normalized spacial score (nSPS) is 18.8. The lowest BCUT2D eigenvalue weighted by atomic mass is 9.81. The molecule has 1 fully saturated rings. The van der Waals surface area contributed by atoms with Gasteiger partial charge >= 0.3 is 6.03 Å². The van der Waals surface area contributed by atoms with Crippen molar-refractivity contribution in [3.63, 3.8) is 0 Å². The van der Waals surface area contributed by atoms with Crippen LogP contribution < -0.4 is 26.4 Å². The fourth-order valence-corrected chi connectivity index (χ4v) is 4.20. The van der Waals surface area contributed by atoms with Gasteiger partial charge in [0.1, 0.15) is 18.1 Å². The van der Waals surface area contributed by atoms with Crippen molar-refractivity contribution in [2.24, 2.45) is 5.92 Å². The van der Waals surface area contributed by atoms with Gasteiger partial charge in [-0.15, -0.1) is 0 Å². The molecule has 2 atom stereocenters. The molecule has 5 rings (SSSR count). The number of amides is 2. The van der Waals surface area contributed by atoms with Crippen molar-refractivity contribution in [2.45, 2.75) is 25.8 Å². The van der Waals surface area contributed by atoms with Gasteiger partial charge in [-0.2, -0.15) is 5.26 Å². The van der Waals surface area contributed by atoms with Crippen molar-refractivity contribution in [2.75, 3.05) is 29.5 Å². The second kappa shape index (κ2) is 8.09. The lowest BCUT2D eigenvalue weighted by Gasteiger charge is -2.31. The SMILES string of the molecule is Cc1c(-c2cc3cc(NC(=O)NC4CCC4C#N)ncc3c(N)c2F)cnc2c1NCCO2. The maximum atomic E-state index is 15.3. The van der Waals surface area contributed by atoms with Crippen LogP contribution in [0, 0.1) is 30.0 Å². The summed E-state index contributed by atoms with van der Waals surface area (Å²) in [6.07, 6.45) is 4.55. The van der Waals surface area contributed by atoms with Crippen LogP contribution in [-0.2, 0) is 0 Å². The van der Waals surface area contributed by atoms with E-state index in [4.69, 9.17) is 15.7 Å². The van der Waals surface area contributed by atoms with E-state index < -0.39 is 11.8 Å². The van der Waals surface area contributed by atoms with Crippen LogP contribution in [0.1, 0.15) is 18.4 Å². The molecule has 0 bridgehead atoms. The summed E-state index contributed by atoms with van der Waals surface area (Å²) in [7, 11) is 0. The molecule has 1 aliphatic heterocycles. The highest BCUT2D eigenvalue weighted by atomic mass is 19.1. The second-order valence-corrected chi connectivity index (χ2v) is 8.21. The first-order chi connectivity index (χ1) is 16.0. The number of carbonyl (C=O) groups is 1. The minimum Gasteiger partial charge on any atom is -0.474 e. The largest absolute Gasteiger partial charge is 0.474 e. The number of nitriles is 1. The van der Waals surface area contributed by atoms with Gasteiger partial charge in [0.2, 0.25) is 5.88 Å². The number of hydrogen-bond acceptors (Lipinski definition) is 7. The number of fused-ring (bicyclic) bond motifs is 2. The smallest absolute Gasteiger partial charge is 0.320 e. The van der Waals surface area contributed by atoms with Crippen molar-refractivity contribution in [1.82, 2.24) is 15.3 Å². The summed E-state index contributed by atoms with van der Waals surface area (Å²) in [4.78, 5) is 20.8. The quantitative estimate of drug-likeness (QED) is 0.450.